The lowest BCUT2D eigenvalue weighted by atomic mass is 10.2. The predicted octanol–water partition coefficient (Wildman–Crippen LogP) is 2.68. The number of furan rings is 1. The third-order valence-corrected chi connectivity index (χ3v) is 3.73. The average molecular weight is 364 g/mol. The number of amides is 2. The highest BCUT2D eigenvalue weighted by Crippen LogP contribution is 2.11. The van der Waals surface area contributed by atoms with Gasteiger partial charge in [-0.1, -0.05) is 12.1 Å². The van der Waals surface area contributed by atoms with E-state index < -0.39 is 0 Å². The van der Waals surface area contributed by atoms with Crippen LogP contribution < -0.4 is 10.6 Å². The lowest BCUT2D eigenvalue weighted by Crippen LogP contribution is -2.26. The Morgan fingerprint density at radius 1 is 1.15 bits per heavy atom. The number of rotatable bonds is 8. The van der Waals surface area contributed by atoms with Crippen LogP contribution >= 0.6 is 0 Å². The fraction of sp³-hybridized carbons (Fsp3) is 0.150. The summed E-state index contributed by atoms with van der Waals surface area (Å²) in [6.45, 7) is 0.934. The predicted molar refractivity (Wildman–Crippen MR) is 102 cm³/mol. The number of carbonyl (C=O) groups excluding carboxylic acids is 2. The number of anilines is 1. The first-order valence-electron chi connectivity index (χ1n) is 8.55. The molecule has 0 unspecified atom stereocenters. The summed E-state index contributed by atoms with van der Waals surface area (Å²) in [5.41, 5.74) is 1.81. The Morgan fingerprint density at radius 2 is 2.00 bits per heavy atom. The van der Waals surface area contributed by atoms with Crippen LogP contribution in [-0.2, 0) is 16.1 Å². The summed E-state index contributed by atoms with van der Waals surface area (Å²) in [5.74, 6) is 0.159. The summed E-state index contributed by atoms with van der Waals surface area (Å²) in [7, 11) is 0. The highest BCUT2D eigenvalue weighted by molar-refractivity contribution is 5.93. The Morgan fingerprint density at radius 3 is 2.70 bits per heavy atom. The van der Waals surface area contributed by atoms with Crippen molar-refractivity contribution in [1.82, 2.24) is 15.1 Å². The van der Waals surface area contributed by atoms with Gasteiger partial charge in [-0.05, 0) is 42.0 Å². The first-order valence-corrected chi connectivity index (χ1v) is 8.55. The molecule has 2 heterocycles. The topological polar surface area (TPSA) is 89.2 Å². The molecule has 0 saturated heterocycles. The second kappa shape index (κ2) is 9.19. The van der Waals surface area contributed by atoms with Gasteiger partial charge in [-0.15, -0.1) is 0 Å². The number of hydrogen-bond donors (Lipinski definition) is 2. The molecule has 0 aliphatic heterocycles. The molecule has 0 atom stereocenters. The van der Waals surface area contributed by atoms with Crippen LogP contribution in [0.4, 0.5) is 5.69 Å². The molecule has 0 aliphatic carbocycles. The number of carbonyl (C=O) groups is 2. The smallest absolute Gasteiger partial charge is 0.244 e. The second-order valence-corrected chi connectivity index (χ2v) is 5.84. The van der Waals surface area contributed by atoms with E-state index in [1.54, 1.807) is 24.4 Å². The van der Waals surface area contributed by atoms with Gasteiger partial charge in [0.05, 0.1) is 12.8 Å². The SMILES string of the molecule is O=C(/C=C/c1ccco1)NCCC(=O)Nc1ccc(Cn2cccn2)cc1. The number of aromatic nitrogens is 2. The summed E-state index contributed by atoms with van der Waals surface area (Å²) >= 11 is 0. The van der Waals surface area contributed by atoms with Gasteiger partial charge in [0.1, 0.15) is 5.76 Å². The van der Waals surface area contributed by atoms with Gasteiger partial charge in [0.15, 0.2) is 0 Å². The van der Waals surface area contributed by atoms with Crippen molar-refractivity contribution in [2.45, 2.75) is 13.0 Å². The summed E-state index contributed by atoms with van der Waals surface area (Å²) in [4.78, 5) is 23.6. The zero-order chi connectivity index (χ0) is 18.9. The van der Waals surface area contributed by atoms with E-state index in [9.17, 15) is 9.59 Å². The minimum absolute atomic E-state index is 0.162. The highest BCUT2D eigenvalue weighted by Gasteiger charge is 2.04. The van der Waals surface area contributed by atoms with Crippen molar-refractivity contribution in [2.24, 2.45) is 0 Å². The van der Waals surface area contributed by atoms with Gasteiger partial charge in [0.2, 0.25) is 11.8 Å². The molecule has 0 spiro atoms. The maximum Gasteiger partial charge on any atom is 0.244 e. The molecule has 2 aromatic heterocycles. The van der Waals surface area contributed by atoms with Crippen LogP contribution in [0.15, 0.2) is 71.6 Å². The van der Waals surface area contributed by atoms with Crippen molar-refractivity contribution in [1.29, 1.82) is 0 Å². The molecular weight excluding hydrogens is 344 g/mol. The Labute approximate surface area is 156 Å². The Balaban J connectivity index is 1.38. The van der Waals surface area contributed by atoms with E-state index in [4.69, 9.17) is 4.42 Å². The third-order valence-electron chi connectivity index (χ3n) is 3.73. The fourth-order valence-electron chi connectivity index (χ4n) is 2.40. The van der Waals surface area contributed by atoms with Crippen molar-refractivity contribution < 1.29 is 14.0 Å². The molecule has 0 aliphatic rings. The molecule has 0 fully saturated rings. The largest absolute Gasteiger partial charge is 0.465 e. The molecule has 138 valence electrons. The van der Waals surface area contributed by atoms with Crippen LogP contribution in [0.3, 0.4) is 0 Å². The number of benzene rings is 1. The molecule has 0 bridgehead atoms. The van der Waals surface area contributed by atoms with E-state index in [1.165, 1.54) is 12.3 Å². The molecule has 7 nitrogen and oxygen atoms in total. The van der Waals surface area contributed by atoms with E-state index in [2.05, 4.69) is 15.7 Å². The minimum Gasteiger partial charge on any atom is -0.465 e. The van der Waals surface area contributed by atoms with Crippen LogP contribution in [0.25, 0.3) is 6.08 Å². The molecule has 27 heavy (non-hydrogen) atoms. The van der Waals surface area contributed by atoms with Crippen LogP contribution in [0, 0.1) is 0 Å². The lowest BCUT2D eigenvalue weighted by molar-refractivity contribution is -0.117. The summed E-state index contributed by atoms with van der Waals surface area (Å²) in [6.07, 6.45) is 8.30. The Kier molecular flexibility index (Phi) is 6.19. The van der Waals surface area contributed by atoms with Crippen molar-refractivity contribution >= 4 is 23.6 Å². The van der Waals surface area contributed by atoms with Crippen molar-refractivity contribution in [3.05, 3.63) is 78.5 Å². The van der Waals surface area contributed by atoms with E-state index >= 15 is 0 Å². The van der Waals surface area contributed by atoms with Gasteiger partial charge in [0.25, 0.3) is 0 Å². The number of nitrogens with zero attached hydrogens (tertiary/aromatic N) is 2. The number of hydrogen-bond acceptors (Lipinski definition) is 4. The molecule has 1 aromatic carbocycles. The zero-order valence-electron chi connectivity index (χ0n) is 14.7. The molecule has 0 saturated carbocycles. The fourth-order valence-corrected chi connectivity index (χ4v) is 2.40. The van der Waals surface area contributed by atoms with Crippen LogP contribution in [0.2, 0.25) is 0 Å². The third kappa shape index (κ3) is 6.00. The van der Waals surface area contributed by atoms with Gasteiger partial charge >= 0.3 is 0 Å². The molecule has 3 rings (SSSR count). The minimum atomic E-state index is -0.276. The monoisotopic (exact) mass is 364 g/mol. The van der Waals surface area contributed by atoms with E-state index in [-0.39, 0.29) is 24.8 Å². The second-order valence-electron chi connectivity index (χ2n) is 5.84. The first kappa shape index (κ1) is 18.2. The Hall–Kier alpha value is -3.61. The molecule has 7 heteroatoms. The normalized spacial score (nSPS) is 10.8. The average Bonchev–Trinajstić information content (AvgIpc) is 3.35. The van der Waals surface area contributed by atoms with Crippen molar-refractivity contribution in [3.8, 4) is 0 Å². The van der Waals surface area contributed by atoms with Crippen molar-refractivity contribution in [2.75, 3.05) is 11.9 Å². The maximum absolute atomic E-state index is 12.0. The molecular formula is C20H20N4O3. The quantitative estimate of drug-likeness (QED) is 0.602. The van der Waals surface area contributed by atoms with Crippen LogP contribution in [0.5, 0.6) is 0 Å². The summed E-state index contributed by atoms with van der Waals surface area (Å²) in [6, 6.07) is 12.9. The maximum atomic E-state index is 12.0. The van der Waals surface area contributed by atoms with Gasteiger partial charge < -0.3 is 15.1 Å². The van der Waals surface area contributed by atoms with Gasteiger partial charge in [-0.25, -0.2) is 0 Å². The lowest BCUT2D eigenvalue weighted by Gasteiger charge is -2.07. The summed E-state index contributed by atoms with van der Waals surface area (Å²) in [5, 5.41) is 9.63. The van der Waals surface area contributed by atoms with Crippen molar-refractivity contribution in [3.63, 3.8) is 0 Å². The molecule has 2 amide bonds. The van der Waals surface area contributed by atoms with E-state index in [0.29, 0.717) is 18.0 Å². The zero-order valence-corrected chi connectivity index (χ0v) is 14.7. The van der Waals surface area contributed by atoms with Gasteiger partial charge in [0, 0.05) is 37.1 Å². The molecule has 2 N–H and O–H groups in total. The molecule has 3 aromatic rings. The standard InChI is InChI=1S/C20H20N4O3/c25-19(9-8-18-3-1-14-27-18)21-12-10-20(26)23-17-6-4-16(5-7-17)15-24-13-2-11-22-24/h1-9,11,13-14H,10,12,15H2,(H,21,25)(H,23,26)/b9-8+. The summed E-state index contributed by atoms with van der Waals surface area (Å²) < 4.78 is 6.92. The van der Waals surface area contributed by atoms with E-state index in [1.807, 2.05) is 41.2 Å². The van der Waals surface area contributed by atoms with Gasteiger partial charge in [-0.2, -0.15) is 5.10 Å². The van der Waals surface area contributed by atoms with Gasteiger partial charge in [-0.3, -0.25) is 14.3 Å². The van der Waals surface area contributed by atoms with E-state index in [0.717, 1.165) is 5.56 Å². The molecule has 0 radical (unpaired) electrons. The van der Waals surface area contributed by atoms with Crippen LogP contribution in [-0.4, -0.2) is 28.1 Å². The first-order chi connectivity index (χ1) is 13.2. The highest BCUT2D eigenvalue weighted by atomic mass is 16.3. The Bertz CT molecular complexity index is 882. The van der Waals surface area contributed by atoms with Crippen LogP contribution in [0.1, 0.15) is 17.7 Å². The number of nitrogens with one attached hydrogen (secondary N) is 2.